The van der Waals surface area contributed by atoms with Crippen molar-refractivity contribution in [3.8, 4) is 17.1 Å². The van der Waals surface area contributed by atoms with Crippen LogP contribution in [0, 0.1) is 5.82 Å². The van der Waals surface area contributed by atoms with Gasteiger partial charge in [0.2, 0.25) is 0 Å². The molecule has 9 rings (SSSR count). The van der Waals surface area contributed by atoms with Crippen LogP contribution in [0.2, 0.25) is 0 Å². The fourth-order valence-corrected chi connectivity index (χ4v) is 8.31. The first-order valence-corrected chi connectivity index (χ1v) is 15.5. The molecule has 4 saturated heterocycles. The lowest BCUT2D eigenvalue weighted by Crippen LogP contribution is -2.51. The zero-order valence-corrected chi connectivity index (χ0v) is 23.6. The Hall–Kier alpha value is -3.37. The van der Waals surface area contributed by atoms with Crippen LogP contribution >= 0.6 is 0 Å². The van der Waals surface area contributed by atoms with Gasteiger partial charge in [0, 0.05) is 54.5 Å². The summed E-state index contributed by atoms with van der Waals surface area (Å²) < 4.78 is 37.7. The van der Waals surface area contributed by atoms with Crippen LogP contribution < -0.4 is 15.0 Å². The van der Waals surface area contributed by atoms with Crippen LogP contribution in [0.4, 0.5) is 14.6 Å². The van der Waals surface area contributed by atoms with E-state index in [-0.39, 0.29) is 22.9 Å². The van der Waals surface area contributed by atoms with Crippen molar-refractivity contribution in [2.75, 3.05) is 37.7 Å². The van der Waals surface area contributed by atoms with E-state index in [0.717, 1.165) is 86.0 Å². The number of benzene rings is 2. The first-order valence-electron chi connectivity index (χ1n) is 15.5. The molecule has 0 radical (unpaired) electrons. The Kier molecular flexibility index (Phi) is 5.58. The maximum Gasteiger partial charge on any atom is 0.319 e. The molecular formula is C32H35F2N7O. The maximum atomic E-state index is 16.9. The van der Waals surface area contributed by atoms with Gasteiger partial charge in [0.15, 0.2) is 5.82 Å². The minimum atomic E-state index is -0.843. The molecule has 42 heavy (non-hydrogen) atoms. The van der Waals surface area contributed by atoms with Crippen molar-refractivity contribution in [1.82, 2.24) is 30.4 Å². The first kappa shape index (κ1) is 25.2. The third-order valence-electron chi connectivity index (χ3n) is 10.5. The number of nitrogens with one attached hydrogen (secondary N) is 2. The van der Waals surface area contributed by atoms with Crippen LogP contribution in [0.15, 0.2) is 30.5 Å². The topological polar surface area (TPSA) is 82.2 Å². The Balaban J connectivity index is 1.17. The van der Waals surface area contributed by atoms with Crippen LogP contribution in [-0.2, 0) is 0 Å². The van der Waals surface area contributed by atoms with Crippen molar-refractivity contribution in [2.24, 2.45) is 0 Å². The second-order valence-corrected chi connectivity index (χ2v) is 13.2. The Bertz CT molecular complexity index is 1690. The number of nitrogens with zero attached hydrogens (tertiary/aromatic N) is 5. The molecule has 4 aliphatic heterocycles. The highest BCUT2D eigenvalue weighted by Gasteiger charge is 2.49. The number of hydrogen-bond donors (Lipinski definition) is 2. The fraction of sp³-hybridized carbons (Fsp3) is 0.531. The molecule has 2 bridgehead atoms. The molecule has 1 aliphatic carbocycles. The van der Waals surface area contributed by atoms with Crippen LogP contribution in [0.25, 0.3) is 32.9 Å². The summed E-state index contributed by atoms with van der Waals surface area (Å²) >= 11 is 0. The molecular weight excluding hydrogens is 536 g/mol. The lowest BCUT2D eigenvalue weighted by Gasteiger charge is -2.34. The third kappa shape index (κ3) is 3.94. The number of aromatic nitrogens is 4. The monoisotopic (exact) mass is 571 g/mol. The van der Waals surface area contributed by atoms with Gasteiger partial charge in [-0.25, -0.2) is 8.78 Å². The van der Waals surface area contributed by atoms with Crippen molar-refractivity contribution in [3.05, 3.63) is 41.8 Å². The molecule has 4 aromatic rings. The minimum absolute atomic E-state index is 0.173. The van der Waals surface area contributed by atoms with Gasteiger partial charge >= 0.3 is 6.01 Å². The normalized spacial score (nSPS) is 29.2. The summed E-state index contributed by atoms with van der Waals surface area (Å²) in [6, 6.07) is 8.99. The summed E-state index contributed by atoms with van der Waals surface area (Å²) in [5.41, 5.74) is 3.42. The molecule has 5 fully saturated rings. The highest BCUT2D eigenvalue weighted by Crippen LogP contribution is 2.48. The molecule has 1 saturated carbocycles. The zero-order valence-electron chi connectivity index (χ0n) is 23.6. The molecule has 218 valence electrons. The average Bonchev–Trinajstić information content (AvgIpc) is 3.26. The van der Waals surface area contributed by atoms with E-state index in [1.165, 1.54) is 0 Å². The van der Waals surface area contributed by atoms with Crippen LogP contribution in [0.3, 0.4) is 0 Å². The van der Waals surface area contributed by atoms with Gasteiger partial charge in [0.1, 0.15) is 24.1 Å². The number of alkyl halides is 1. The van der Waals surface area contributed by atoms with Gasteiger partial charge in [0.05, 0.1) is 17.3 Å². The predicted octanol–water partition coefficient (Wildman–Crippen LogP) is 5.09. The van der Waals surface area contributed by atoms with Gasteiger partial charge < -0.3 is 15.0 Å². The molecule has 2 aromatic heterocycles. The van der Waals surface area contributed by atoms with Gasteiger partial charge in [0.25, 0.3) is 0 Å². The van der Waals surface area contributed by atoms with E-state index in [1.807, 2.05) is 18.2 Å². The molecule has 6 heterocycles. The van der Waals surface area contributed by atoms with E-state index in [4.69, 9.17) is 14.7 Å². The number of ether oxygens (including phenoxy) is 1. The number of H-pyrrole nitrogens is 1. The van der Waals surface area contributed by atoms with Crippen molar-refractivity contribution in [3.63, 3.8) is 0 Å². The number of fused-ring (bicyclic) bond motifs is 5. The van der Waals surface area contributed by atoms with E-state index >= 15 is 4.39 Å². The fourth-order valence-electron chi connectivity index (χ4n) is 8.31. The summed E-state index contributed by atoms with van der Waals surface area (Å²) in [5, 5.41) is 12.6. The minimum Gasteiger partial charge on any atom is -0.461 e. The van der Waals surface area contributed by atoms with E-state index in [2.05, 4.69) is 31.4 Å². The van der Waals surface area contributed by atoms with Crippen LogP contribution in [0.1, 0.15) is 56.4 Å². The van der Waals surface area contributed by atoms with Crippen molar-refractivity contribution in [2.45, 2.75) is 74.7 Å². The molecule has 2 aromatic carbocycles. The number of aromatic amines is 1. The van der Waals surface area contributed by atoms with Crippen LogP contribution in [-0.4, -0.2) is 81.6 Å². The van der Waals surface area contributed by atoms with E-state index < -0.39 is 6.17 Å². The number of hydrogen-bond acceptors (Lipinski definition) is 7. The predicted molar refractivity (Wildman–Crippen MR) is 157 cm³/mol. The third-order valence-corrected chi connectivity index (χ3v) is 10.5. The van der Waals surface area contributed by atoms with Gasteiger partial charge in [-0.2, -0.15) is 15.1 Å². The van der Waals surface area contributed by atoms with E-state index in [1.54, 1.807) is 6.20 Å². The molecule has 2 unspecified atom stereocenters. The zero-order chi connectivity index (χ0) is 28.0. The maximum absolute atomic E-state index is 16.9. The molecule has 8 nitrogen and oxygen atoms in total. The summed E-state index contributed by atoms with van der Waals surface area (Å²) in [5.74, 6) is 0.795. The molecule has 4 atom stereocenters. The summed E-state index contributed by atoms with van der Waals surface area (Å²) in [6.07, 6.45) is 7.83. The molecule has 0 amide bonds. The number of halogens is 2. The second-order valence-electron chi connectivity index (χ2n) is 13.2. The van der Waals surface area contributed by atoms with E-state index in [9.17, 15) is 4.39 Å². The van der Waals surface area contributed by atoms with Crippen molar-refractivity contribution in [1.29, 1.82) is 0 Å². The number of piperazine rings is 1. The molecule has 5 aliphatic rings. The Labute approximate surface area is 242 Å². The number of rotatable bonds is 6. The largest absolute Gasteiger partial charge is 0.461 e. The summed E-state index contributed by atoms with van der Waals surface area (Å²) in [4.78, 5) is 14.1. The van der Waals surface area contributed by atoms with Crippen molar-refractivity contribution >= 4 is 27.6 Å². The standard InChI is InChI=1S/C32H35F2N7O/c33-19-12-32(10-1-11-41(32)14-19)17-42-31-37-29-24(30(38-31)40-15-20-4-5-21(16-40)36-20)7-6-23(28(29)34)27-22(18-2-3-18)8-9-26-25(27)13-35-39-26/h6-9,13,18-21,36H,1-5,10-12,14-17H2,(H,35,39)/t19-,20?,21?,32+/m1/s1. The lowest BCUT2D eigenvalue weighted by atomic mass is 9.92. The van der Waals surface area contributed by atoms with E-state index in [0.29, 0.717) is 48.5 Å². The highest BCUT2D eigenvalue weighted by molar-refractivity contribution is 6.00. The highest BCUT2D eigenvalue weighted by atomic mass is 19.1. The second kappa shape index (κ2) is 9.31. The Morgan fingerprint density at radius 3 is 2.69 bits per heavy atom. The summed E-state index contributed by atoms with van der Waals surface area (Å²) in [6.45, 7) is 3.28. The average molecular weight is 572 g/mol. The number of anilines is 1. The van der Waals surface area contributed by atoms with Crippen LogP contribution in [0.5, 0.6) is 6.01 Å². The first-order chi connectivity index (χ1) is 20.5. The molecule has 0 spiro atoms. The quantitative estimate of drug-likeness (QED) is 0.334. The molecule has 2 N–H and O–H groups in total. The van der Waals surface area contributed by atoms with Gasteiger partial charge in [-0.1, -0.05) is 12.1 Å². The lowest BCUT2D eigenvalue weighted by molar-refractivity contribution is 0.107. The SMILES string of the molecule is Fc1c(-c2c(C3CC3)ccc3[nH]ncc23)ccc2c(N3CC4CCC(C3)N4)nc(OC[C@@]34CCCN3C[C@H](F)C4)nc12. The Morgan fingerprint density at radius 1 is 1.00 bits per heavy atom. The van der Waals surface area contributed by atoms with Crippen molar-refractivity contribution < 1.29 is 13.5 Å². The summed E-state index contributed by atoms with van der Waals surface area (Å²) in [7, 11) is 0. The van der Waals surface area contributed by atoms with Gasteiger partial charge in [-0.05, 0) is 74.2 Å². The molecule has 10 heteroatoms. The van der Waals surface area contributed by atoms with Gasteiger partial charge in [-0.3, -0.25) is 10.00 Å². The smallest absolute Gasteiger partial charge is 0.319 e. The Morgan fingerprint density at radius 2 is 1.86 bits per heavy atom. The van der Waals surface area contributed by atoms with Gasteiger partial charge in [-0.15, -0.1) is 0 Å².